The summed E-state index contributed by atoms with van der Waals surface area (Å²) >= 11 is 0. The average Bonchev–Trinajstić information content (AvgIpc) is 3.35. The number of hydrogen-bond donors (Lipinski definition) is 0. The van der Waals surface area contributed by atoms with E-state index < -0.39 is 0 Å². The second-order valence-electron chi connectivity index (χ2n) is 9.59. The molecule has 5 rings (SSSR count). The number of halogens is 1. The van der Waals surface area contributed by atoms with Gasteiger partial charge in [0.25, 0.3) is 0 Å². The van der Waals surface area contributed by atoms with Gasteiger partial charge in [-0.15, -0.1) is 0 Å². The maximum Gasteiger partial charge on any atom is 0.230 e. The molecule has 7 nitrogen and oxygen atoms in total. The SMILES string of the molecule is COc1cc2ncnc(Oc3cccc(-c4cc(C(C)(C)C)nn4-c4cccc(F)c4)c3)c2cc1OC. The van der Waals surface area contributed by atoms with Crippen LogP contribution < -0.4 is 14.2 Å². The average molecular weight is 499 g/mol. The van der Waals surface area contributed by atoms with Crippen LogP contribution in [-0.4, -0.2) is 34.0 Å². The van der Waals surface area contributed by atoms with Gasteiger partial charge in [0.2, 0.25) is 5.88 Å². The van der Waals surface area contributed by atoms with E-state index in [2.05, 4.69) is 30.7 Å². The van der Waals surface area contributed by atoms with Crippen LogP contribution in [0.25, 0.3) is 27.8 Å². The minimum Gasteiger partial charge on any atom is -0.493 e. The molecule has 2 heterocycles. The van der Waals surface area contributed by atoms with Crippen LogP contribution in [0.1, 0.15) is 26.5 Å². The zero-order valence-electron chi connectivity index (χ0n) is 21.3. The highest BCUT2D eigenvalue weighted by Gasteiger charge is 2.22. The molecule has 0 spiro atoms. The van der Waals surface area contributed by atoms with Gasteiger partial charge in [0.15, 0.2) is 11.5 Å². The summed E-state index contributed by atoms with van der Waals surface area (Å²) in [4.78, 5) is 8.70. The van der Waals surface area contributed by atoms with Gasteiger partial charge in [-0.2, -0.15) is 5.10 Å². The fourth-order valence-electron chi connectivity index (χ4n) is 4.03. The summed E-state index contributed by atoms with van der Waals surface area (Å²) < 4.78 is 32.9. The number of fused-ring (bicyclic) bond motifs is 1. The molecule has 0 N–H and O–H groups in total. The predicted octanol–water partition coefficient (Wildman–Crippen LogP) is 6.73. The van der Waals surface area contributed by atoms with E-state index in [9.17, 15) is 4.39 Å². The van der Waals surface area contributed by atoms with Crippen LogP contribution in [0.2, 0.25) is 0 Å². The lowest BCUT2D eigenvalue weighted by Gasteiger charge is -2.14. The van der Waals surface area contributed by atoms with Crippen LogP contribution in [0, 0.1) is 5.82 Å². The summed E-state index contributed by atoms with van der Waals surface area (Å²) in [5, 5.41) is 5.51. The molecule has 0 bridgehead atoms. The molecule has 0 fully saturated rings. The number of hydrogen-bond acceptors (Lipinski definition) is 6. The summed E-state index contributed by atoms with van der Waals surface area (Å²) in [5.41, 5.74) is 3.68. The predicted molar refractivity (Wildman–Crippen MR) is 140 cm³/mol. The molecule has 0 aliphatic heterocycles. The topological polar surface area (TPSA) is 71.3 Å². The number of nitrogens with zero attached hydrogens (tertiary/aromatic N) is 4. The fourth-order valence-corrected chi connectivity index (χ4v) is 4.03. The van der Waals surface area contributed by atoms with Crippen LogP contribution in [0.4, 0.5) is 4.39 Å². The van der Waals surface area contributed by atoms with E-state index in [0.717, 1.165) is 17.0 Å². The smallest absolute Gasteiger partial charge is 0.230 e. The Morgan fingerprint density at radius 1 is 0.838 bits per heavy atom. The van der Waals surface area contributed by atoms with Gasteiger partial charge in [0, 0.05) is 17.0 Å². The van der Waals surface area contributed by atoms with Crippen LogP contribution >= 0.6 is 0 Å². The van der Waals surface area contributed by atoms with Gasteiger partial charge < -0.3 is 14.2 Å². The second-order valence-corrected chi connectivity index (χ2v) is 9.59. The van der Waals surface area contributed by atoms with Crippen molar-refractivity contribution in [1.82, 2.24) is 19.7 Å². The Bertz CT molecular complexity index is 1590. The van der Waals surface area contributed by atoms with Crippen molar-refractivity contribution >= 4 is 10.9 Å². The molecule has 5 aromatic rings. The molecule has 37 heavy (non-hydrogen) atoms. The number of methoxy groups -OCH3 is 2. The first-order chi connectivity index (χ1) is 17.8. The van der Waals surface area contributed by atoms with Gasteiger partial charge in [0.05, 0.1) is 42.2 Å². The number of rotatable bonds is 6. The van der Waals surface area contributed by atoms with Gasteiger partial charge in [-0.1, -0.05) is 39.0 Å². The molecule has 8 heteroatoms. The Morgan fingerprint density at radius 3 is 2.32 bits per heavy atom. The van der Waals surface area contributed by atoms with Crippen molar-refractivity contribution < 1.29 is 18.6 Å². The van der Waals surface area contributed by atoms with Crippen molar-refractivity contribution in [2.24, 2.45) is 0 Å². The van der Waals surface area contributed by atoms with E-state index in [-0.39, 0.29) is 11.2 Å². The zero-order chi connectivity index (χ0) is 26.2. The highest BCUT2D eigenvalue weighted by Crippen LogP contribution is 2.37. The Morgan fingerprint density at radius 2 is 1.59 bits per heavy atom. The highest BCUT2D eigenvalue weighted by molar-refractivity contribution is 5.87. The van der Waals surface area contributed by atoms with Crippen molar-refractivity contribution in [1.29, 1.82) is 0 Å². The maximum absolute atomic E-state index is 14.1. The molecule has 0 saturated carbocycles. The molecule has 0 aliphatic carbocycles. The van der Waals surface area contributed by atoms with Crippen molar-refractivity contribution in [2.75, 3.05) is 14.2 Å². The van der Waals surface area contributed by atoms with E-state index in [1.54, 1.807) is 37.1 Å². The monoisotopic (exact) mass is 498 g/mol. The zero-order valence-corrected chi connectivity index (χ0v) is 21.3. The third kappa shape index (κ3) is 4.82. The number of benzene rings is 3. The van der Waals surface area contributed by atoms with Crippen LogP contribution in [-0.2, 0) is 5.41 Å². The molecule has 0 unspecified atom stereocenters. The van der Waals surface area contributed by atoms with Crippen LogP contribution in [0.15, 0.2) is 73.1 Å². The van der Waals surface area contributed by atoms with Gasteiger partial charge in [-0.3, -0.25) is 0 Å². The molecule has 188 valence electrons. The Kier molecular flexibility index (Phi) is 6.25. The third-order valence-corrected chi connectivity index (χ3v) is 5.98. The van der Waals surface area contributed by atoms with E-state index in [1.165, 1.54) is 18.5 Å². The van der Waals surface area contributed by atoms with Crippen molar-refractivity contribution in [2.45, 2.75) is 26.2 Å². The summed E-state index contributed by atoms with van der Waals surface area (Å²) in [6.07, 6.45) is 1.45. The van der Waals surface area contributed by atoms with E-state index in [4.69, 9.17) is 19.3 Å². The first kappa shape index (κ1) is 24.2. The van der Waals surface area contributed by atoms with E-state index in [1.807, 2.05) is 36.4 Å². The lowest BCUT2D eigenvalue weighted by molar-refractivity contribution is 0.355. The molecule has 0 saturated heterocycles. The fraction of sp³-hybridized carbons (Fsp3) is 0.207. The minimum absolute atomic E-state index is 0.193. The normalized spacial score (nSPS) is 11.5. The van der Waals surface area contributed by atoms with E-state index >= 15 is 0 Å². The van der Waals surface area contributed by atoms with Gasteiger partial charge in [-0.05, 0) is 42.5 Å². The lowest BCUT2D eigenvalue weighted by atomic mass is 9.92. The van der Waals surface area contributed by atoms with Crippen molar-refractivity contribution in [3.05, 3.63) is 84.6 Å². The first-order valence-electron chi connectivity index (χ1n) is 11.8. The molecule has 3 aromatic carbocycles. The quantitative estimate of drug-likeness (QED) is 0.259. The Labute approximate surface area is 214 Å². The summed E-state index contributed by atoms with van der Waals surface area (Å²) in [5.74, 6) is 1.77. The summed E-state index contributed by atoms with van der Waals surface area (Å²) in [6.45, 7) is 6.29. The van der Waals surface area contributed by atoms with Gasteiger partial charge in [-0.25, -0.2) is 19.0 Å². The number of aromatic nitrogens is 4. The third-order valence-electron chi connectivity index (χ3n) is 5.98. The molecule has 0 aliphatic rings. The van der Waals surface area contributed by atoms with Gasteiger partial charge >= 0.3 is 0 Å². The van der Waals surface area contributed by atoms with Crippen molar-refractivity contribution in [3.63, 3.8) is 0 Å². The second kappa shape index (κ2) is 9.54. The summed E-state index contributed by atoms with van der Waals surface area (Å²) in [7, 11) is 3.15. The van der Waals surface area contributed by atoms with Gasteiger partial charge in [0.1, 0.15) is 17.9 Å². The highest BCUT2D eigenvalue weighted by atomic mass is 19.1. The first-order valence-corrected chi connectivity index (χ1v) is 11.8. The number of ether oxygens (including phenoxy) is 3. The largest absolute Gasteiger partial charge is 0.493 e. The van der Waals surface area contributed by atoms with Crippen molar-refractivity contribution in [3.8, 4) is 40.1 Å². The molecule has 2 aromatic heterocycles. The molecule has 0 atom stereocenters. The van der Waals surface area contributed by atoms with E-state index in [0.29, 0.717) is 39.7 Å². The van der Waals surface area contributed by atoms with Crippen LogP contribution in [0.5, 0.6) is 23.1 Å². The molecule has 0 radical (unpaired) electrons. The Balaban J connectivity index is 1.58. The lowest BCUT2D eigenvalue weighted by Crippen LogP contribution is -2.12. The standard InChI is InChI=1S/C29H27FN4O3/c1-29(2,3)27-16-24(34(33-27)20-10-7-9-19(30)13-20)18-8-6-11-21(12-18)37-28-22-14-25(35-4)26(36-5)15-23(22)31-17-32-28/h6-17H,1-5H3. The van der Waals surface area contributed by atoms with Crippen LogP contribution in [0.3, 0.4) is 0 Å². The molecular formula is C29H27FN4O3. The summed E-state index contributed by atoms with van der Waals surface area (Å²) in [6, 6.07) is 19.6. The maximum atomic E-state index is 14.1. The molecule has 0 amide bonds. The molecular weight excluding hydrogens is 471 g/mol. The Hall–Kier alpha value is -4.46. The minimum atomic E-state index is -0.323.